The lowest BCUT2D eigenvalue weighted by molar-refractivity contribution is -0.145. The van der Waals surface area contributed by atoms with E-state index in [9.17, 15) is 14.4 Å². The van der Waals surface area contributed by atoms with E-state index in [4.69, 9.17) is 5.11 Å². The standard InChI is InChI=1S/C14H18N2O4/c1-10-4-2-7-16(13(10)18)9-12(17)15-6-3-5-11(8-15)14(19)20/h2,4,7,11H,3,5-6,8-9H2,1H3,(H,19,20)/t11-/m1/s1. The van der Waals surface area contributed by atoms with Gasteiger partial charge in [0.2, 0.25) is 5.91 Å². The van der Waals surface area contributed by atoms with Crippen molar-refractivity contribution in [1.82, 2.24) is 9.47 Å². The molecule has 1 N–H and O–H groups in total. The summed E-state index contributed by atoms with van der Waals surface area (Å²) in [6.45, 7) is 2.45. The quantitative estimate of drug-likeness (QED) is 0.872. The van der Waals surface area contributed by atoms with Gasteiger partial charge in [0, 0.05) is 24.8 Å². The number of nitrogens with zero attached hydrogens (tertiary/aromatic N) is 2. The Hall–Kier alpha value is -2.11. The van der Waals surface area contributed by atoms with Crippen molar-refractivity contribution >= 4 is 11.9 Å². The van der Waals surface area contributed by atoms with E-state index in [0.717, 1.165) is 0 Å². The van der Waals surface area contributed by atoms with E-state index < -0.39 is 11.9 Å². The van der Waals surface area contributed by atoms with Crippen LogP contribution in [0.3, 0.4) is 0 Å². The number of carbonyl (C=O) groups is 2. The van der Waals surface area contributed by atoms with Gasteiger partial charge in [0.25, 0.3) is 5.56 Å². The van der Waals surface area contributed by atoms with Crippen molar-refractivity contribution < 1.29 is 14.7 Å². The van der Waals surface area contributed by atoms with Crippen LogP contribution in [0.5, 0.6) is 0 Å². The first-order valence-electron chi connectivity index (χ1n) is 6.65. The first kappa shape index (κ1) is 14.3. The Balaban J connectivity index is 2.06. The number of aryl methyl sites for hydroxylation is 1. The fourth-order valence-corrected chi connectivity index (χ4v) is 2.43. The Morgan fingerprint density at radius 1 is 1.45 bits per heavy atom. The highest BCUT2D eigenvalue weighted by atomic mass is 16.4. The van der Waals surface area contributed by atoms with Crippen LogP contribution < -0.4 is 5.56 Å². The maximum Gasteiger partial charge on any atom is 0.308 e. The topological polar surface area (TPSA) is 79.6 Å². The molecule has 0 radical (unpaired) electrons. The monoisotopic (exact) mass is 278 g/mol. The molecule has 20 heavy (non-hydrogen) atoms. The van der Waals surface area contributed by atoms with Gasteiger partial charge in [0.05, 0.1) is 5.92 Å². The van der Waals surface area contributed by atoms with Crippen LogP contribution in [-0.4, -0.2) is 39.5 Å². The number of rotatable bonds is 3. The molecule has 1 aliphatic rings. The second kappa shape index (κ2) is 5.90. The lowest BCUT2D eigenvalue weighted by Crippen LogP contribution is -2.44. The zero-order chi connectivity index (χ0) is 14.7. The minimum absolute atomic E-state index is 0.0349. The number of carbonyl (C=O) groups excluding carboxylic acids is 1. The fourth-order valence-electron chi connectivity index (χ4n) is 2.43. The van der Waals surface area contributed by atoms with Gasteiger partial charge in [0.1, 0.15) is 6.54 Å². The van der Waals surface area contributed by atoms with E-state index in [0.29, 0.717) is 24.9 Å². The minimum atomic E-state index is -0.866. The molecule has 1 fully saturated rings. The number of amides is 1. The summed E-state index contributed by atoms with van der Waals surface area (Å²) in [5.74, 6) is -1.57. The first-order valence-corrected chi connectivity index (χ1v) is 6.65. The van der Waals surface area contributed by atoms with Gasteiger partial charge in [0.15, 0.2) is 0 Å². The molecule has 1 aromatic rings. The van der Waals surface area contributed by atoms with Crippen LogP contribution in [0.1, 0.15) is 18.4 Å². The average Bonchev–Trinajstić information content (AvgIpc) is 2.44. The number of carboxylic acids is 1. The highest BCUT2D eigenvalue weighted by Crippen LogP contribution is 2.16. The molecule has 1 amide bonds. The summed E-state index contributed by atoms with van der Waals surface area (Å²) in [7, 11) is 0. The van der Waals surface area contributed by atoms with Crippen LogP contribution in [0.25, 0.3) is 0 Å². The van der Waals surface area contributed by atoms with Gasteiger partial charge in [-0.15, -0.1) is 0 Å². The summed E-state index contributed by atoms with van der Waals surface area (Å²) in [4.78, 5) is 36.6. The van der Waals surface area contributed by atoms with Crippen LogP contribution in [-0.2, 0) is 16.1 Å². The second-order valence-corrected chi connectivity index (χ2v) is 5.14. The Labute approximate surface area is 116 Å². The van der Waals surface area contributed by atoms with Gasteiger partial charge >= 0.3 is 5.97 Å². The molecule has 0 bridgehead atoms. The lowest BCUT2D eigenvalue weighted by Gasteiger charge is -2.30. The summed E-state index contributed by atoms with van der Waals surface area (Å²) < 4.78 is 1.36. The number of pyridine rings is 1. The van der Waals surface area contributed by atoms with E-state index in [1.807, 2.05) is 0 Å². The molecular formula is C14H18N2O4. The molecule has 0 aromatic carbocycles. The van der Waals surface area contributed by atoms with Gasteiger partial charge in [-0.2, -0.15) is 0 Å². The predicted molar refractivity (Wildman–Crippen MR) is 72.4 cm³/mol. The van der Waals surface area contributed by atoms with Gasteiger partial charge in [-0.05, 0) is 25.8 Å². The zero-order valence-electron chi connectivity index (χ0n) is 11.4. The predicted octanol–water partition coefficient (Wildman–Crippen LogP) is 0.480. The molecule has 6 heteroatoms. The van der Waals surface area contributed by atoms with E-state index in [2.05, 4.69) is 0 Å². The summed E-state index contributed by atoms with van der Waals surface area (Å²) in [5.41, 5.74) is 0.398. The normalized spacial score (nSPS) is 18.9. The third kappa shape index (κ3) is 3.07. The maximum absolute atomic E-state index is 12.2. The smallest absolute Gasteiger partial charge is 0.308 e. The summed E-state index contributed by atoms with van der Waals surface area (Å²) in [6, 6.07) is 3.42. The van der Waals surface area contributed by atoms with E-state index in [1.165, 1.54) is 9.47 Å². The average molecular weight is 278 g/mol. The Morgan fingerprint density at radius 2 is 2.20 bits per heavy atom. The molecule has 2 heterocycles. The van der Waals surface area contributed by atoms with Gasteiger partial charge in [-0.1, -0.05) is 6.07 Å². The third-order valence-electron chi connectivity index (χ3n) is 3.64. The Bertz CT molecular complexity index is 579. The molecule has 1 aromatic heterocycles. The van der Waals surface area contributed by atoms with Crippen molar-refractivity contribution in [1.29, 1.82) is 0 Å². The number of aliphatic carboxylic acids is 1. The third-order valence-corrected chi connectivity index (χ3v) is 3.64. The Morgan fingerprint density at radius 3 is 2.90 bits per heavy atom. The number of aromatic nitrogens is 1. The van der Waals surface area contributed by atoms with Crippen molar-refractivity contribution in [3.63, 3.8) is 0 Å². The van der Waals surface area contributed by atoms with E-state index >= 15 is 0 Å². The number of carboxylic acid groups (broad SMARTS) is 1. The van der Waals surface area contributed by atoms with Crippen LogP contribution in [0, 0.1) is 12.8 Å². The van der Waals surface area contributed by atoms with Crippen LogP contribution >= 0.6 is 0 Å². The van der Waals surface area contributed by atoms with E-state index in [-0.39, 0.29) is 24.6 Å². The van der Waals surface area contributed by atoms with Crippen molar-refractivity contribution in [3.8, 4) is 0 Å². The Kier molecular flexibility index (Phi) is 4.22. The molecule has 0 saturated carbocycles. The SMILES string of the molecule is Cc1cccn(CC(=O)N2CCC[C@@H](C(=O)O)C2)c1=O. The molecular weight excluding hydrogens is 260 g/mol. The lowest BCUT2D eigenvalue weighted by atomic mass is 9.98. The summed E-state index contributed by atoms with van der Waals surface area (Å²) in [6.07, 6.45) is 2.86. The van der Waals surface area contributed by atoms with Crippen molar-refractivity contribution in [3.05, 3.63) is 34.2 Å². The fraction of sp³-hybridized carbons (Fsp3) is 0.500. The number of likely N-dealkylation sites (tertiary alicyclic amines) is 1. The molecule has 0 spiro atoms. The summed E-state index contributed by atoms with van der Waals surface area (Å²) >= 11 is 0. The van der Waals surface area contributed by atoms with Crippen molar-refractivity contribution in [2.24, 2.45) is 5.92 Å². The molecule has 0 aliphatic carbocycles. The van der Waals surface area contributed by atoms with Gasteiger partial charge in [-0.3, -0.25) is 14.4 Å². The van der Waals surface area contributed by atoms with E-state index in [1.54, 1.807) is 25.3 Å². The number of hydrogen-bond acceptors (Lipinski definition) is 3. The molecule has 2 rings (SSSR count). The molecule has 1 atom stereocenters. The second-order valence-electron chi connectivity index (χ2n) is 5.14. The zero-order valence-corrected chi connectivity index (χ0v) is 11.4. The molecule has 1 saturated heterocycles. The molecule has 108 valence electrons. The first-order chi connectivity index (χ1) is 9.49. The highest BCUT2D eigenvalue weighted by molar-refractivity contribution is 5.77. The maximum atomic E-state index is 12.2. The van der Waals surface area contributed by atoms with Crippen LogP contribution in [0.15, 0.2) is 23.1 Å². The molecule has 0 unspecified atom stereocenters. The van der Waals surface area contributed by atoms with Crippen LogP contribution in [0.4, 0.5) is 0 Å². The largest absolute Gasteiger partial charge is 0.481 e. The highest BCUT2D eigenvalue weighted by Gasteiger charge is 2.28. The van der Waals surface area contributed by atoms with Gasteiger partial charge < -0.3 is 14.6 Å². The molecule has 1 aliphatic heterocycles. The number of hydrogen-bond donors (Lipinski definition) is 1. The van der Waals surface area contributed by atoms with Gasteiger partial charge in [-0.25, -0.2) is 0 Å². The van der Waals surface area contributed by atoms with Crippen LogP contribution in [0.2, 0.25) is 0 Å². The minimum Gasteiger partial charge on any atom is -0.481 e. The summed E-state index contributed by atoms with van der Waals surface area (Å²) in [5, 5.41) is 9.01. The molecule has 6 nitrogen and oxygen atoms in total. The van der Waals surface area contributed by atoms with Crippen molar-refractivity contribution in [2.75, 3.05) is 13.1 Å². The number of piperidine rings is 1. The van der Waals surface area contributed by atoms with Crippen molar-refractivity contribution in [2.45, 2.75) is 26.3 Å².